The van der Waals surface area contributed by atoms with Gasteiger partial charge in [0.2, 0.25) is 5.91 Å². The third-order valence-electron chi connectivity index (χ3n) is 6.62. The first-order valence-corrected chi connectivity index (χ1v) is 10.3. The predicted molar refractivity (Wildman–Crippen MR) is 101 cm³/mol. The van der Waals surface area contributed by atoms with Crippen LogP contribution < -0.4 is 0 Å². The summed E-state index contributed by atoms with van der Waals surface area (Å²) < 4.78 is 1.77. The van der Waals surface area contributed by atoms with Crippen LogP contribution in [-0.2, 0) is 11.8 Å². The number of hydrogen-bond donors (Lipinski definition) is 0. The van der Waals surface area contributed by atoms with Crippen LogP contribution in [0, 0.1) is 5.41 Å². The molecule has 0 bridgehead atoms. The van der Waals surface area contributed by atoms with Gasteiger partial charge < -0.3 is 14.4 Å². The van der Waals surface area contributed by atoms with Gasteiger partial charge in [-0.25, -0.2) is 0 Å². The van der Waals surface area contributed by atoms with E-state index in [1.54, 1.807) is 16.8 Å². The molecular formula is C20H28ClN3O2. The van der Waals surface area contributed by atoms with Crippen LogP contribution in [0.1, 0.15) is 61.9 Å². The lowest BCUT2D eigenvalue weighted by molar-refractivity contribution is -0.149. The van der Waals surface area contributed by atoms with Crippen molar-refractivity contribution < 1.29 is 9.59 Å². The fourth-order valence-corrected chi connectivity index (χ4v) is 5.41. The first-order chi connectivity index (χ1) is 12.5. The van der Waals surface area contributed by atoms with Crippen LogP contribution in [0.25, 0.3) is 0 Å². The number of carbonyl (C=O) groups excluding carboxylic acids is 2. The summed E-state index contributed by atoms with van der Waals surface area (Å²) in [6, 6.07) is 2.14. The van der Waals surface area contributed by atoms with Crippen molar-refractivity contribution in [3.63, 3.8) is 0 Å². The molecule has 1 spiro atoms. The monoisotopic (exact) mass is 377 g/mol. The van der Waals surface area contributed by atoms with Gasteiger partial charge in [0.1, 0.15) is 5.69 Å². The first-order valence-electron chi connectivity index (χ1n) is 9.92. The van der Waals surface area contributed by atoms with Crippen LogP contribution in [-0.4, -0.2) is 51.9 Å². The molecule has 6 heteroatoms. The molecule has 2 aliphatic heterocycles. The summed E-state index contributed by atoms with van der Waals surface area (Å²) in [5.41, 5.74) is 0.236. The van der Waals surface area contributed by atoms with E-state index < -0.39 is 0 Å². The van der Waals surface area contributed by atoms with Gasteiger partial charge in [0, 0.05) is 38.9 Å². The van der Waals surface area contributed by atoms with E-state index in [2.05, 4.69) is 4.90 Å². The Balaban J connectivity index is 1.49. The molecule has 0 radical (unpaired) electrons. The van der Waals surface area contributed by atoms with Crippen molar-refractivity contribution in [2.45, 2.75) is 57.4 Å². The Hall–Kier alpha value is -1.49. The van der Waals surface area contributed by atoms with Crippen LogP contribution in [0.15, 0.2) is 12.3 Å². The van der Waals surface area contributed by atoms with E-state index in [1.165, 1.54) is 19.3 Å². The second-order valence-corrected chi connectivity index (χ2v) is 8.74. The molecule has 0 aromatic carbocycles. The van der Waals surface area contributed by atoms with Crippen molar-refractivity contribution in [3.8, 4) is 0 Å². The highest BCUT2D eigenvalue weighted by molar-refractivity contribution is 6.31. The highest BCUT2D eigenvalue weighted by Crippen LogP contribution is 2.42. The molecule has 3 heterocycles. The zero-order valence-electron chi connectivity index (χ0n) is 15.5. The maximum atomic E-state index is 13.4. The number of likely N-dealkylation sites (tertiary alicyclic amines) is 2. The number of halogens is 1. The first kappa shape index (κ1) is 17.9. The summed E-state index contributed by atoms with van der Waals surface area (Å²) in [5, 5.41) is 0.571. The number of aromatic nitrogens is 1. The molecule has 1 aromatic heterocycles. The number of nitrogens with zero attached hydrogens (tertiary/aromatic N) is 3. The fourth-order valence-electron chi connectivity index (χ4n) is 5.17. The zero-order valence-corrected chi connectivity index (χ0v) is 16.3. The van der Waals surface area contributed by atoms with E-state index in [1.807, 2.05) is 11.9 Å². The van der Waals surface area contributed by atoms with Crippen molar-refractivity contribution in [2.75, 3.05) is 19.6 Å². The minimum atomic E-state index is -0.361. The average Bonchev–Trinajstić information content (AvgIpc) is 3.21. The summed E-state index contributed by atoms with van der Waals surface area (Å²) in [6.07, 6.45) is 10.6. The van der Waals surface area contributed by atoms with Crippen LogP contribution >= 0.6 is 11.6 Å². The van der Waals surface area contributed by atoms with E-state index in [0.29, 0.717) is 35.8 Å². The molecule has 1 aliphatic carbocycles. The molecule has 26 heavy (non-hydrogen) atoms. The molecule has 3 fully saturated rings. The largest absolute Gasteiger partial charge is 0.345 e. The number of rotatable bonds is 2. The molecule has 1 saturated carbocycles. The van der Waals surface area contributed by atoms with E-state index in [4.69, 9.17) is 11.6 Å². The Bertz CT molecular complexity index is 710. The van der Waals surface area contributed by atoms with Gasteiger partial charge in [-0.2, -0.15) is 0 Å². The van der Waals surface area contributed by atoms with Crippen LogP contribution in [0.2, 0.25) is 5.02 Å². The van der Waals surface area contributed by atoms with E-state index >= 15 is 0 Å². The maximum Gasteiger partial charge on any atom is 0.270 e. The normalized spacial score (nSPS) is 27.5. The average molecular weight is 378 g/mol. The maximum absolute atomic E-state index is 13.4. The van der Waals surface area contributed by atoms with Crippen LogP contribution in [0.3, 0.4) is 0 Å². The minimum absolute atomic E-state index is 0.0149. The third kappa shape index (κ3) is 3.04. The lowest BCUT2D eigenvalue weighted by Gasteiger charge is -2.44. The highest BCUT2D eigenvalue weighted by atomic mass is 35.5. The molecule has 1 atom stereocenters. The number of amides is 2. The van der Waals surface area contributed by atoms with E-state index in [0.717, 1.165) is 38.6 Å². The Kier molecular flexibility index (Phi) is 4.76. The fraction of sp³-hybridized carbons (Fsp3) is 0.700. The van der Waals surface area contributed by atoms with Gasteiger partial charge in [-0.3, -0.25) is 9.59 Å². The second kappa shape index (κ2) is 6.91. The zero-order chi connectivity index (χ0) is 18.3. The molecule has 142 valence electrons. The molecule has 1 aromatic rings. The van der Waals surface area contributed by atoms with Crippen LogP contribution in [0.4, 0.5) is 0 Å². The summed E-state index contributed by atoms with van der Waals surface area (Å²) in [4.78, 5) is 30.3. The van der Waals surface area contributed by atoms with Gasteiger partial charge >= 0.3 is 0 Å². The molecule has 2 saturated heterocycles. The Morgan fingerprint density at radius 2 is 1.92 bits per heavy atom. The summed E-state index contributed by atoms with van der Waals surface area (Å²) in [6.45, 7) is 2.11. The Morgan fingerprint density at radius 1 is 1.15 bits per heavy atom. The van der Waals surface area contributed by atoms with Crippen molar-refractivity contribution in [2.24, 2.45) is 12.5 Å². The van der Waals surface area contributed by atoms with Crippen molar-refractivity contribution >= 4 is 23.4 Å². The van der Waals surface area contributed by atoms with Gasteiger partial charge in [-0.15, -0.1) is 0 Å². The molecule has 3 aliphatic rings. The Morgan fingerprint density at radius 3 is 2.62 bits per heavy atom. The summed E-state index contributed by atoms with van der Waals surface area (Å²) in [7, 11) is 1.83. The molecule has 5 nitrogen and oxygen atoms in total. The minimum Gasteiger partial charge on any atom is -0.345 e. The van der Waals surface area contributed by atoms with E-state index in [9.17, 15) is 9.59 Å². The number of aryl methyl sites for hydroxylation is 1. The smallest absolute Gasteiger partial charge is 0.270 e. The van der Waals surface area contributed by atoms with Gasteiger partial charge in [-0.1, -0.05) is 30.9 Å². The molecule has 0 N–H and O–H groups in total. The lowest BCUT2D eigenvalue weighted by atomic mass is 9.77. The number of hydrogen-bond acceptors (Lipinski definition) is 2. The number of carbonyl (C=O) groups is 2. The second-order valence-electron chi connectivity index (χ2n) is 8.31. The third-order valence-corrected chi connectivity index (χ3v) is 6.82. The van der Waals surface area contributed by atoms with Crippen molar-refractivity contribution in [1.29, 1.82) is 0 Å². The highest BCUT2D eigenvalue weighted by Gasteiger charge is 2.50. The van der Waals surface area contributed by atoms with Gasteiger partial charge in [-0.05, 0) is 38.2 Å². The van der Waals surface area contributed by atoms with Crippen molar-refractivity contribution in [3.05, 3.63) is 23.0 Å². The van der Waals surface area contributed by atoms with Crippen molar-refractivity contribution in [1.82, 2.24) is 14.4 Å². The Labute approximate surface area is 160 Å². The SMILES string of the molecule is Cn1cc(Cl)cc1C(=O)N1CCC2(CCCN(C3CCCCC3)C2=O)C1. The van der Waals surface area contributed by atoms with Gasteiger partial charge in [0.05, 0.1) is 10.4 Å². The van der Waals surface area contributed by atoms with Crippen LogP contribution in [0.5, 0.6) is 0 Å². The number of piperidine rings is 1. The molecule has 1 unspecified atom stereocenters. The topological polar surface area (TPSA) is 45.6 Å². The predicted octanol–water partition coefficient (Wildman–Crippen LogP) is 3.47. The molecular weight excluding hydrogens is 350 g/mol. The quantitative estimate of drug-likeness (QED) is 0.792. The molecule has 4 rings (SSSR count). The van der Waals surface area contributed by atoms with Gasteiger partial charge in [0.25, 0.3) is 5.91 Å². The summed E-state index contributed by atoms with van der Waals surface area (Å²) in [5.74, 6) is 0.287. The van der Waals surface area contributed by atoms with Gasteiger partial charge in [0.15, 0.2) is 0 Å². The van der Waals surface area contributed by atoms with E-state index in [-0.39, 0.29) is 11.3 Å². The molecule has 2 amide bonds. The standard InChI is InChI=1S/C20H28ClN3O2/c1-22-13-15(21)12-17(22)18(25)23-11-9-20(14-23)8-5-10-24(19(20)26)16-6-3-2-4-7-16/h12-13,16H,2-11,14H2,1H3. The summed E-state index contributed by atoms with van der Waals surface area (Å²) >= 11 is 6.03. The lowest BCUT2D eigenvalue weighted by Crippen LogP contribution is -2.54.